The molecule has 2 bridgehead atoms. The van der Waals surface area contributed by atoms with Crippen molar-refractivity contribution in [2.75, 3.05) is 13.1 Å². The first-order valence-corrected chi connectivity index (χ1v) is 15.7. The number of carboxylic acids is 1. The molecule has 2 aromatic carbocycles. The number of rotatable bonds is 7. The molecule has 0 amide bonds. The lowest BCUT2D eigenvalue weighted by Crippen LogP contribution is -2.49. The van der Waals surface area contributed by atoms with E-state index < -0.39 is 41.4 Å². The van der Waals surface area contributed by atoms with E-state index in [4.69, 9.17) is 4.74 Å². The number of benzene rings is 2. The number of aliphatic carboxylic acids is 1. The van der Waals surface area contributed by atoms with Gasteiger partial charge in [0.25, 0.3) is 0 Å². The Bertz CT molecular complexity index is 1400. The van der Waals surface area contributed by atoms with Crippen molar-refractivity contribution in [3.05, 3.63) is 64.2 Å². The van der Waals surface area contributed by atoms with Gasteiger partial charge in [0.05, 0.1) is 17.0 Å². The quantitative estimate of drug-likeness (QED) is 0.314. The molecule has 240 valence electrons. The number of hydrogen-bond acceptors (Lipinski definition) is 3. The van der Waals surface area contributed by atoms with Crippen molar-refractivity contribution in [1.82, 2.24) is 4.90 Å². The van der Waals surface area contributed by atoms with Gasteiger partial charge in [-0.15, -0.1) is 0 Å². The molecule has 6 rings (SSSR count). The van der Waals surface area contributed by atoms with Crippen LogP contribution in [0.15, 0.2) is 36.4 Å². The van der Waals surface area contributed by atoms with Crippen LogP contribution in [0.3, 0.4) is 0 Å². The number of carbonyl (C=O) groups is 1. The fourth-order valence-electron chi connectivity index (χ4n) is 8.58. The summed E-state index contributed by atoms with van der Waals surface area (Å²) in [5.74, 6) is 0.545. The van der Waals surface area contributed by atoms with Crippen molar-refractivity contribution >= 4 is 5.97 Å². The van der Waals surface area contributed by atoms with Gasteiger partial charge >= 0.3 is 18.3 Å². The molecule has 2 unspecified atom stereocenters. The number of nitrogens with zero attached hydrogens (tertiary/aromatic N) is 1. The summed E-state index contributed by atoms with van der Waals surface area (Å²) in [7, 11) is 0. The second-order valence-corrected chi connectivity index (χ2v) is 13.7. The third-order valence-electron chi connectivity index (χ3n) is 11.0. The Balaban J connectivity index is 1.23. The summed E-state index contributed by atoms with van der Waals surface area (Å²) in [6.45, 7) is 6.48. The van der Waals surface area contributed by atoms with E-state index >= 15 is 0 Å². The average molecular weight is 624 g/mol. The number of aryl methyl sites for hydroxylation is 1. The Labute approximate surface area is 253 Å². The van der Waals surface area contributed by atoms with Crippen LogP contribution in [0.1, 0.15) is 86.2 Å². The molecule has 4 nitrogen and oxygen atoms in total. The van der Waals surface area contributed by atoms with Gasteiger partial charge < -0.3 is 9.84 Å². The van der Waals surface area contributed by atoms with Crippen molar-refractivity contribution in [2.45, 2.75) is 83.3 Å². The third kappa shape index (κ3) is 5.83. The van der Waals surface area contributed by atoms with Gasteiger partial charge in [-0.25, -0.2) is 0 Å². The van der Waals surface area contributed by atoms with E-state index in [1.165, 1.54) is 0 Å². The molecule has 0 spiro atoms. The Kier molecular flexibility index (Phi) is 7.99. The Hall–Kier alpha value is -2.75. The normalized spacial score (nSPS) is 29.4. The summed E-state index contributed by atoms with van der Waals surface area (Å²) >= 11 is 0. The molecule has 8 atom stereocenters. The summed E-state index contributed by atoms with van der Waals surface area (Å²) < 4.78 is 89.0. The van der Waals surface area contributed by atoms with Gasteiger partial charge in [0.15, 0.2) is 0 Å². The first-order valence-electron chi connectivity index (χ1n) is 15.7. The zero-order valence-electron chi connectivity index (χ0n) is 25.1. The molecule has 0 radical (unpaired) electrons. The van der Waals surface area contributed by atoms with Gasteiger partial charge in [0.1, 0.15) is 11.9 Å². The first-order chi connectivity index (χ1) is 20.6. The van der Waals surface area contributed by atoms with Gasteiger partial charge in [-0.1, -0.05) is 26.0 Å². The van der Waals surface area contributed by atoms with Gasteiger partial charge in [-0.3, -0.25) is 9.69 Å². The second-order valence-electron chi connectivity index (χ2n) is 13.7. The van der Waals surface area contributed by atoms with Crippen molar-refractivity contribution < 1.29 is 41.0 Å². The Morgan fingerprint density at radius 2 is 1.70 bits per heavy atom. The minimum atomic E-state index is -4.76. The molecular formula is C34H39F6NO3. The van der Waals surface area contributed by atoms with Gasteiger partial charge in [-0.2, -0.15) is 26.3 Å². The van der Waals surface area contributed by atoms with Crippen molar-refractivity contribution in [2.24, 2.45) is 35.5 Å². The molecule has 4 aliphatic rings. The fourth-order valence-corrected chi connectivity index (χ4v) is 8.58. The molecule has 44 heavy (non-hydrogen) atoms. The SMILES string of the molecule is C[C@@H]1C[C@@H]2CN([C@H](C)c3cc(C(F)(F)F)ccc3C(F)(F)F)C[C@@H]1C2C1CCc2ccc([C@H](C3CC3)[C@H](C)C(=O)O)cc2O1. The Morgan fingerprint density at radius 1 is 0.977 bits per heavy atom. The van der Waals surface area contributed by atoms with Crippen LogP contribution in [0.25, 0.3) is 0 Å². The molecule has 1 saturated heterocycles. The molecule has 10 heteroatoms. The predicted octanol–water partition coefficient (Wildman–Crippen LogP) is 8.60. The van der Waals surface area contributed by atoms with E-state index in [-0.39, 0.29) is 35.3 Å². The molecule has 2 aliphatic heterocycles. The van der Waals surface area contributed by atoms with E-state index in [2.05, 4.69) is 13.0 Å². The number of likely N-dealkylation sites (tertiary alicyclic amines) is 1. The van der Waals surface area contributed by atoms with E-state index in [0.717, 1.165) is 49.0 Å². The fraction of sp³-hybridized carbons (Fsp3) is 0.618. The van der Waals surface area contributed by atoms with Crippen LogP contribution >= 0.6 is 0 Å². The number of hydrogen-bond donors (Lipinski definition) is 1. The molecular weight excluding hydrogens is 584 g/mol. The number of piperidine rings is 1. The maximum absolute atomic E-state index is 13.9. The number of halogens is 6. The van der Waals surface area contributed by atoms with Crippen LogP contribution < -0.4 is 4.74 Å². The maximum Gasteiger partial charge on any atom is 0.416 e. The second kappa shape index (κ2) is 11.2. The zero-order chi connectivity index (χ0) is 31.7. The molecule has 2 heterocycles. The average Bonchev–Trinajstić information content (AvgIpc) is 3.77. The van der Waals surface area contributed by atoms with Crippen molar-refractivity contribution in [3.8, 4) is 5.75 Å². The molecule has 3 fully saturated rings. The minimum absolute atomic E-state index is 0.0693. The van der Waals surface area contributed by atoms with E-state index in [1.807, 2.05) is 17.0 Å². The summed E-state index contributed by atoms with van der Waals surface area (Å²) in [5, 5.41) is 9.73. The lowest BCUT2D eigenvalue weighted by atomic mass is 9.76. The number of alkyl halides is 6. The minimum Gasteiger partial charge on any atom is -0.490 e. The number of fused-ring (bicyclic) bond motifs is 3. The van der Waals surface area contributed by atoms with Crippen LogP contribution in [0.5, 0.6) is 5.75 Å². The number of ether oxygens (including phenoxy) is 1. The van der Waals surface area contributed by atoms with Gasteiger partial charge in [0.2, 0.25) is 0 Å². The van der Waals surface area contributed by atoms with Gasteiger partial charge in [-0.05, 0) is 110 Å². The number of carboxylic acid groups (broad SMARTS) is 1. The molecule has 2 saturated carbocycles. The zero-order valence-corrected chi connectivity index (χ0v) is 25.1. The summed E-state index contributed by atoms with van der Waals surface area (Å²) in [6.07, 6.45) is -5.01. The molecule has 2 aromatic rings. The highest BCUT2D eigenvalue weighted by Gasteiger charge is 2.52. The molecule has 2 aliphatic carbocycles. The summed E-state index contributed by atoms with van der Waals surface area (Å²) in [6, 6.07) is 7.03. The maximum atomic E-state index is 13.9. The highest BCUT2D eigenvalue weighted by atomic mass is 19.4. The van der Waals surface area contributed by atoms with E-state index in [9.17, 15) is 36.2 Å². The van der Waals surface area contributed by atoms with E-state index in [1.54, 1.807) is 13.8 Å². The monoisotopic (exact) mass is 623 g/mol. The first kappa shape index (κ1) is 31.2. The highest BCUT2D eigenvalue weighted by Crippen LogP contribution is 2.53. The Morgan fingerprint density at radius 3 is 2.32 bits per heavy atom. The van der Waals surface area contributed by atoms with Crippen LogP contribution in [0.2, 0.25) is 0 Å². The van der Waals surface area contributed by atoms with E-state index in [0.29, 0.717) is 43.1 Å². The topological polar surface area (TPSA) is 49.8 Å². The van der Waals surface area contributed by atoms with Gasteiger partial charge in [0, 0.05) is 25.0 Å². The molecule has 0 aromatic heterocycles. The lowest BCUT2D eigenvalue weighted by Gasteiger charge is -2.45. The highest BCUT2D eigenvalue weighted by molar-refractivity contribution is 5.71. The lowest BCUT2D eigenvalue weighted by molar-refractivity contribution is -0.142. The smallest absolute Gasteiger partial charge is 0.416 e. The van der Waals surface area contributed by atoms with Crippen molar-refractivity contribution in [1.29, 1.82) is 0 Å². The van der Waals surface area contributed by atoms with Crippen LogP contribution in [-0.2, 0) is 23.6 Å². The standard InChI is InChI=1S/C34H39F6NO3/c1-17-12-23-15-41(19(3)25-14-24(33(35,36)37)9-10-27(25)34(38,39)40)16-26(17)31(23)28-11-8-20-4-7-22(13-29(20)44-28)30(21-5-6-21)18(2)32(42)43/h4,7,9-10,13-14,17-19,21,23,26,28,30-31H,5-6,8,11-12,15-16H2,1-3H3,(H,42,43)/t17-,18+,19-,23-,26+,28?,30+,31?/m1/s1. The summed E-state index contributed by atoms with van der Waals surface area (Å²) in [5.41, 5.74) is -0.352. The predicted molar refractivity (Wildman–Crippen MR) is 152 cm³/mol. The van der Waals surface area contributed by atoms with Crippen LogP contribution in [0, 0.1) is 35.5 Å². The van der Waals surface area contributed by atoms with Crippen LogP contribution in [-0.4, -0.2) is 35.2 Å². The molecule has 1 N–H and O–H groups in total. The third-order valence-corrected chi connectivity index (χ3v) is 11.0. The summed E-state index contributed by atoms with van der Waals surface area (Å²) in [4.78, 5) is 13.8. The van der Waals surface area contributed by atoms with Crippen molar-refractivity contribution in [3.63, 3.8) is 0 Å². The largest absolute Gasteiger partial charge is 0.490 e. The van der Waals surface area contributed by atoms with Crippen LogP contribution in [0.4, 0.5) is 26.3 Å².